The fourth-order valence-corrected chi connectivity index (χ4v) is 4.23. The molecule has 1 fully saturated rings. The summed E-state index contributed by atoms with van der Waals surface area (Å²) in [5.41, 5.74) is 2.26. The van der Waals surface area contributed by atoms with E-state index in [2.05, 4.69) is 33.7 Å². The summed E-state index contributed by atoms with van der Waals surface area (Å²) in [6.07, 6.45) is 3.33. The number of nitrogens with zero attached hydrogens (tertiary/aromatic N) is 2. The highest BCUT2D eigenvalue weighted by atomic mass is 32.1. The second kappa shape index (κ2) is 8.75. The van der Waals surface area contributed by atoms with Gasteiger partial charge in [0.25, 0.3) is 0 Å². The molecule has 0 bridgehead atoms. The molecule has 1 aliphatic rings. The molecule has 1 aromatic heterocycles. The SMILES string of the molecule is CN(Cc1ccsc1)CC1CCN(CCc2ccccc2F)CC1. The first-order valence-electron chi connectivity index (χ1n) is 8.86. The molecule has 0 N–H and O–H groups in total. The Hall–Kier alpha value is -1.23. The minimum Gasteiger partial charge on any atom is -0.303 e. The van der Waals surface area contributed by atoms with Gasteiger partial charge in [0.15, 0.2) is 0 Å². The Morgan fingerprint density at radius 2 is 2.00 bits per heavy atom. The molecule has 2 nitrogen and oxygen atoms in total. The summed E-state index contributed by atoms with van der Waals surface area (Å²) in [7, 11) is 2.22. The van der Waals surface area contributed by atoms with Crippen molar-refractivity contribution in [2.24, 2.45) is 5.92 Å². The summed E-state index contributed by atoms with van der Waals surface area (Å²) in [5.74, 6) is 0.723. The predicted molar refractivity (Wildman–Crippen MR) is 99.9 cm³/mol. The van der Waals surface area contributed by atoms with Gasteiger partial charge in [-0.25, -0.2) is 4.39 Å². The first kappa shape index (κ1) is 17.6. The van der Waals surface area contributed by atoms with Gasteiger partial charge in [-0.15, -0.1) is 0 Å². The second-order valence-electron chi connectivity index (χ2n) is 6.95. The fraction of sp³-hybridized carbons (Fsp3) is 0.500. The van der Waals surface area contributed by atoms with Crippen LogP contribution in [0.2, 0.25) is 0 Å². The summed E-state index contributed by atoms with van der Waals surface area (Å²) >= 11 is 1.77. The first-order valence-corrected chi connectivity index (χ1v) is 9.80. The molecule has 130 valence electrons. The van der Waals surface area contributed by atoms with Gasteiger partial charge in [-0.05, 0) is 79.3 Å². The van der Waals surface area contributed by atoms with Crippen molar-refractivity contribution in [3.63, 3.8) is 0 Å². The van der Waals surface area contributed by atoms with Crippen LogP contribution in [0.5, 0.6) is 0 Å². The monoisotopic (exact) mass is 346 g/mol. The van der Waals surface area contributed by atoms with Crippen LogP contribution in [0.15, 0.2) is 41.1 Å². The summed E-state index contributed by atoms with van der Waals surface area (Å²) in [4.78, 5) is 4.93. The third-order valence-electron chi connectivity index (χ3n) is 4.96. The quantitative estimate of drug-likeness (QED) is 0.738. The number of benzene rings is 1. The maximum absolute atomic E-state index is 13.7. The number of likely N-dealkylation sites (tertiary alicyclic amines) is 1. The lowest BCUT2D eigenvalue weighted by Gasteiger charge is -2.34. The van der Waals surface area contributed by atoms with E-state index in [9.17, 15) is 4.39 Å². The van der Waals surface area contributed by atoms with Crippen molar-refractivity contribution in [3.05, 3.63) is 58.0 Å². The maximum Gasteiger partial charge on any atom is 0.126 e. The molecular formula is C20H27FN2S. The zero-order chi connectivity index (χ0) is 16.8. The predicted octanol–water partition coefficient (Wildman–Crippen LogP) is 4.27. The number of hydrogen-bond acceptors (Lipinski definition) is 3. The number of hydrogen-bond donors (Lipinski definition) is 0. The lowest BCUT2D eigenvalue weighted by Crippen LogP contribution is -2.38. The molecule has 0 atom stereocenters. The summed E-state index contributed by atoms with van der Waals surface area (Å²) < 4.78 is 13.7. The van der Waals surface area contributed by atoms with Crippen LogP contribution in [0.25, 0.3) is 0 Å². The first-order chi connectivity index (χ1) is 11.7. The van der Waals surface area contributed by atoms with Gasteiger partial charge in [0.2, 0.25) is 0 Å². The third kappa shape index (κ3) is 5.13. The van der Waals surface area contributed by atoms with Gasteiger partial charge in [-0.2, -0.15) is 11.3 Å². The van der Waals surface area contributed by atoms with E-state index in [0.717, 1.165) is 44.1 Å². The molecule has 2 heterocycles. The molecule has 1 aliphatic heterocycles. The average molecular weight is 347 g/mol. The molecular weight excluding hydrogens is 319 g/mol. The van der Waals surface area contributed by atoms with Crippen molar-refractivity contribution in [2.45, 2.75) is 25.8 Å². The topological polar surface area (TPSA) is 6.48 Å². The number of halogens is 1. The van der Waals surface area contributed by atoms with Crippen LogP contribution < -0.4 is 0 Å². The van der Waals surface area contributed by atoms with E-state index in [1.807, 2.05) is 12.1 Å². The van der Waals surface area contributed by atoms with Crippen LogP contribution in [-0.2, 0) is 13.0 Å². The van der Waals surface area contributed by atoms with Crippen LogP contribution in [0.3, 0.4) is 0 Å². The molecule has 0 spiro atoms. The summed E-state index contributed by atoms with van der Waals surface area (Å²) in [6, 6.07) is 9.36. The Kier molecular flexibility index (Phi) is 6.41. The highest BCUT2D eigenvalue weighted by molar-refractivity contribution is 7.07. The van der Waals surface area contributed by atoms with Crippen molar-refractivity contribution < 1.29 is 4.39 Å². The fourth-order valence-electron chi connectivity index (χ4n) is 3.57. The Morgan fingerprint density at radius 1 is 1.21 bits per heavy atom. The van der Waals surface area contributed by atoms with Crippen molar-refractivity contribution in [1.29, 1.82) is 0 Å². The summed E-state index contributed by atoms with van der Waals surface area (Å²) in [5, 5.41) is 4.39. The smallest absolute Gasteiger partial charge is 0.126 e. The van der Waals surface area contributed by atoms with E-state index in [-0.39, 0.29) is 5.82 Å². The Balaban J connectivity index is 1.37. The Bertz CT molecular complexity index is 606. The number of thiophene rings is 1. The number of piperidine rings is 1. The van der Waals surface area contributed by atoms with E-state index in [4.69, 9.17) is 0 Å². The maximum atomic E-state index is 13.7. The highest BCUT2D eigenvalue weighted by Crippen LogP contribution is 2.20. The minimum absolute atomic E-state index is 0.0672. The molecule has 2 aromatic rings. The van der Waals surface area contributed by atoms with Gasteiger partial charge >= 0.3 is 0 Å². The van der Waals surface area contributed by atoms with Gasteiger partial charge in [-0.1, -0.05) is 18.2 Å². The van der Waals surface area contributed by atoms with Crippen LogP contribution in [0.1, 0.15) is 24.0 Å². The average Bonchev–Trinajstić information content (AvgIpc) is 3.08. The van der Waals surface area contributed by atoms with E-state index in [1.54, 1.807) is 23.5 Å². The standard InChI is InChI=1S/C20H27FN2S/c1-22(15-18-9-13-24-16-18)14-17-6-10-23(11-7-17)12-8-19-4-2-3-5-20(19)21/h2-5,9,13,16-17H,6-8,10-12,14-15H2,1H3. The van der Waals surface area contributed by atoms with Crippen LogP contribution >= 0.6 is 11.3 Å². The molecule has 4 heteroatoms. The Morgan fingerprint density at radius 3 is 2.71 bits per heavy atom. The highest BCUT2D eigenvalue weighted by Gasteiger charge is 2.20. The van der Waals surface area contributed by atoms with E-state index in [1.165, 1.54) is 24.9 Å². The van der Waals surface area contributed by atoms with Crippen molar-refractivity contribution >= 4 is 11.3 Å². The van der Waals surface area contributed by atoms with Crippen LogP contribution in [0, 0.1) is 11.7 Å². The third-order valence-corrected chi connectivity index (χ3v) is 5.70. The van der Waals surface area contributed by atoms with Crippen molar-refractivity contribution in [3.8, 4) is 0 Å². The second-order valence-corrected chi connectivity index (χ2v) is 7.73. The van der Waals surface area contributed by atoms with Gasteiger partial charge in [0.1, 0.15) is 5.82 Å². The lowest BCUT2D eigenvalue weighted by atomic mass is 9.96. The minimum atomic E-state index is -0.0672. The molecule has 24 heavy (non-hydrogen) atoms. The van der Waals surface area contributed by atoms with E-state index < -0.39 is 0 Å². The van der Waals surface area contributed by atoms with Crippen molar-refractivity contribution in [1.82, 2.24) is 9.80 Å². The van der Waals surface area contributed by atoms with Gasteiger partial charge in [0.05, 0.1) is 0 Å². The molecule has 1 saturated heterocycles. The van der Waals surface area contributed by atoms with Crippen LogP contribution in [0.4, 0.5) is 4.39 Å². The molecule has 0 saturated carbocycles. The normalized spacial score (nSPS) is 16.8. The molecule has 3 rings (SSSR count). The van der Waals surface area contributed by atoms with Gasteiger partial charge in [-0.3, -0.25) is 0 Å². The molecule has 0 unspecified atom stereocenters. The van der Waals surface area contributed by atoms with E-state index in [0.29, 0.717) is 0 Å². The largest absolute Gasteiger partial charge is 0.303 e. The molecule has 0 aliphatic carbocycles. The van der Waals surface area contributed by atoms with Crippen LogP contribution in [-0.4, -0.2) is 43.0 Å². The zero-order valence-corrected chi connectivity index (χ0v) is 15.3. The van der Waals surface area contributed by atoms with Gasteiger partial charge < -0.3 is 9.80 Å². The van der Waals surface area contributed by atoms with E-state index >= 15 is 0 Å². The lowest BCUT2D eigenvalue weighted by molar-refractivity contribution is 0.153. The molecule has 0 radical (unpaired) electrons. The van der Waals surface area contributed by atoms with Gasteiger partial charge in [0, 0.05) is 19.6 Å². The molecule has 0 amide bonds. The summed E-state index contributed by atoms with van der Waals surface area (Å²) in [6.45, 7) is 5.49. The molecule has 1 aromatic carbocycles. The number of rotatable bonds is 7. The zero-order valence-electron chi connectivity index (χ0n) is 14.5. The Labute approximate surface area is 148 Å². The van der Waals surface area contributed by atoms with Crippen molar-refractivity contribution in [2.75, 3.05) is 33.2 Å².